The summed E-state index contributed by atoms with van der Waals surface area (Å²) in [5, 5.41) is 21.2. The molecule has 124 valence electrons. The summed E-state index contributed by atoms with van der Waals surface area (Å²) < 4.78 is 1.43. The fraction of sp³-hybridized carbons (Fsp3) is 0.250. The summed E-state index contributed by atoms with van der Waals surface area (Å²) >= 11 is 6.27. The first-order valence-corrected chi connectivity index (χ1v) is 8.58. The largest absolute Gasteiger partial charge is 0.493 e. The predicted octanol–water partition coefficient (Wildman–Crippen LogP) is 1.77. The maximum Gasteiger partial charge on any atom is 0.326 e. The molecule has 24 heavy (non-hydrogen) atoms. The fourth-order valence-corrected chi connectivity index (χ4v) is 4.17. The van der Waals surface area contributed by atoms with Crippen LogP contribution in [0.3, 0.4) is 0 Å². The van der Waals surface area contributed by atoms with Gasteiger partial charge in [-0.05, 0) is 24.7 Å². The smallest absolute Gasteiger partial charge is 0.326 e. The van der Waals surface area contributed by atoms with Crippen LogP contribution in [0.2, 0.25) is 0 Å². The van der Waals surface area contributed by atoms with E-state index in [1.54, 1.807) is 24.3 Å². The molecule has 1 amide bonds. The van der Waals surface area contributed by atoms with Crippen LogP contribution in [0, 0.1) is 3.95 Å². The minimum Gasteiger partial charge on any atom is -0.493 e. The number of nitrogens with zero attached hydrogens (tertiary/aromatic N) is 2. The van der Waals surface area contributed by atoms with Crippen LogP contribution < -0.4 is 10.6 Å². The molecule has 1 aromatic carbocycles. The summed E-state index contributed by atoms with van der Waals surface area (Å²) in [7, 11) is 0. The molecule has 0 fully saturated rings. The number of hydrogen-bond donors (Lipinski definition) is 2. The van der Waals surface area contributed by atoms with Crippen LogP contribution in [0.1, 0.15) is 30.7 Å². The Balaban J connectivity index is 2.25. The zero-order chi connectivity index (χ0) is 17.4. The minimum atomic E-state index is -1.07. The number of carbonyl (C=O) groups is 2. The van der Waals surface area contributed by atoms with Gasteiger partial charge in [0.1, 0.15) is 10.9 Å². The quantitative estimate of drug-likeness (QED) is 0.791. The summed E-state index contributed by atoms with van der Waals surface area (Å²) in [6, 6.07) is 6.04. The van der Waals surface area contributed by atoms with Gasteiger partial charge in [-0.25, -0.2) is 9.79 Å². The van der Waals surface area contributed by atoms with Gasteiger partial charge in [0.05, 0.1) is 10.9 Å². The number of aromatic hydroxyl groups is 1. The third-order valence-corrected chi connectivity index (χ3v) is 5.22. The molecule has 1 atom stereocenters. The minimum absolute atomic E-state index is 0.216. The molecule has 0 aliphatic carbocycles. The Morgan fingerprint density at radius 2 is 2.12 bits per heavy atom. The summed E-state index contributed by atoms with van der Waals surface area (Å²) in [5.74, 6) is -1.82. The van der Waals surface area contributed by atoms with Crippen molar-refractivity contribution in [2.75, 3.05) is 0 Å². The Morgan fingerprint density at radius 1 is 1.42 bits per heavy atom. The van der Waals surface area contributed by atoms with Crippen molar-refractivity contribution in [3.05, 3.63) is 43.7 Å². The van der Waals surface area contributed by atoms with E-state index in [9.17, 15) is 19.8 Å². The van der Waals surface area contributed by atoms with E-state index < -0.39 is 17.9 Å². The van der Waals surface area contributed by atoms with Gasteiger partial charge in [0.2, 0.25) is 5.88 Å². The standard InChI is InChI=1S/C16H14N2O4S2/c1-2-5-10(15(21)22)18-14(20)12(24-16(18)23)11-8-6-3-4-7-9(8)17-13(11)19/h3-4,6-7,10,20H,2,5H2,1H3,(H,21,22)/t10-/m0/s1. The molecule has 1 aliphatic heterocycles. The van der Waals surface area contributed by atoms with Crippen molar-refractivity contribution in [2.24, 2.45) is 4.99 Å². The molecule has 0 saturated heterocycles. The second kappa shape index (κ2) is 6.29. The molecule has 0 radical (unpaired) electrons. The number of amides is 1. The molecule has 6 nitrogen and oxygen atoms in total. The second-order valence-corrected chi connectivity index (χ2v) is 6.99. The molecule has 2 N–H and O–H groups in total. The third-order valence-electron chi connectivity index (χ3n) is 3.81. The Labute approximate surface area is 146 Å². The molecular weight excluding hydrogens is 348 g/mol. The predicted molar refractivity (Wildman–Crippen MR) is 91.1 cm³/mol. The van der Waals surface area contributed by atoms with E-state index in [0.717, 1.165) is 11.3 Å². The van der Waals surface area contributed by atoms with E-state index in [2.05, 4.69) is 4.99 Å². The van der Waals surface area contributed by atoms with Gasteiger partial charge < -0.3 is 10.2 Å². The number of carboxylic acids is 1. The number of benzene rings is 1. The first-order chi connectivity index (χ1) is 11.5. The monoisotopic (exact) mass is 362 g/mol. The number of carboxylic acid groups (broad SMARTS) is 1. The Kier molecular flexibility index (Phi) is 4.33. The van der Waals surface area contributed by atoms with Crippen LogP contribution in [0.5, 0.6) is 5.88 Å². The number of aliphatic carboxylic acids is 1. The van der Waals surface area contributed by atoms with E-state index in [1.165, 1.54) is 4.57 Å². The molecule has 2 aromatic rings. The average Bonchev–Trinajstić information content (AvgIpc) is 3.01. The Hall–Kier alpha value is -2.32. The zero-order valence-corrected chi connectivity index (χ0v) is 14.4. The van der Waals surface area contributed by atoms with E-state index in [4.69, 9.17) is 12.2 Å². The van der Waals surface area contributed by atoms with Crippen molar-refractivity contribution in [3.8, 4) is 5.88 Å². The number of thiazole rings is 1. The SMILES string of the molecule is CCC[C@@H](C(=O)O)n1c(O)c(C2=c3ccccc3=NC2=O)sc1=S. The number of aromatic nitrogens is 1. The van der Waals surface area contributed by atoms with Gasteiger partial charge in [-0.1, -0.05) is 31.5 Å². The zero-order valence-electron chi connectivity index (χ0n) is 12.7. The van der Waals surface area contributed by atoms with E-state index in [0.29, 0.717) is 23.4 Å². The Bertz CT molecular complexity index is 1020. The summed E-state index contributed by atoms with van der Waals surface area (Å²) in [6.45, 7) is 1.86. The molecule has 1 aliphatic rings. The van der Waals surface area contributed by atoms with Crippen molar-refractivity contribution in [3.63, 3.8) is 0 Å². The normalized spacial score (nSPS) is 14.4. The number of rotatable bonds is 5. The summed E-state index contributed by atoms with van der Waals surface area (Å²) in [4.78, 5) is 28.0. The number of fused-ring (bicyclic) bond motifs is 1. The van der Waals surface area contributed by atoms with E-state index in [1.807, 2.05) is 6.92 Å². The van der Waals surface area contributed by atoms with Crippen molar-refractivity contribution in [1.82, 2.24) is 4.57 Å². The van der Waals surface area contributed by atoms with Crippen LogP contribution in [-0.4, -0.2) is 26.7 Å². The van der Waals surface area contributed by atoms with Crippen LogP contribution in [0.15, 0.2) is 29.3 Å². The average molecular weight is 362 g/mol. The lowest BCUT2D eigenvalue weighted by molar-refractivity contribution is -0.141. The lowest BCUT2D eigenvalue weighted by Crippen LogP contribution is -2.22. The van der Waals surface area contributed by atoms with Crippen molar-refractivity contribution >= 4 is 41.0 Å². The molecule has 0 saturated carbocycles. The highest BCUT2D eigenvalue weighted by Crippen LogP contribution is 2.36. The highest BCUT2D eigenvalue weighted by Gasteiger charge is 2.29. The maximum absolute atomic E-state index is 12.3. The third kappa shape index (κ3) is 2.57. The Morgan fingerprint density at radius 3 is 2.79 bits per heavy atom. The van der Waals surface area contributed by atoms with Crippen LogP contribution in [0.4, 0.5) is 0 Å². The molecule has 8 heteroatoms. The van der Waals surface area contributed by atoms with Crippen molar-refractivity contribution in [1.29, 1.82) is 0 Å². The van der Waals surface area contributed by atoms with E-state index in [-0.39, 0.29) is 20.3 Å². The lowest BCUT2D eigenvalue weighted by Gasteiger charge is -2.14. The van der Waals surface area contributed by atoms with Gasteiger partial charge in [0.15, 0.2) is 3.95 Å². The van der Waals surface area contributed by atoms with Gasteiger partial charge in [0.25, 0.3) is 5.91 Å². The molecule has 1 aromatic heterocycles. The van der Waals surface area contributed by atoms with Crippen LogP contribution in [-0.2, 0) is 9.59 Å². The number of hydrogen-bond acceptors (Lipinski definition) is 5. The van der Waals surface area contributed by atoms with Gasteiger partial charge in [-0.3, -0.25) is 9.36 Å². The fourth-order valence-electron chi connectivity index (χ4n) is 2.73. The van der Waals surface area contributed by atoms with E-state index >= 15 is 0 Å². The van der Waals surface area contributed by atoms with Gasteiger partial charge in [-0.2, -0.15) is 0 Å². The molecule has 0 spiro atoms. The molecule has 0 unspecified atom stereocenters. The molecule has 0 bridgehead atoms. The van der Waals surface area contributed by atoms with Crippen molar-refractivity contribution in [2.45, 2.75) is 25.8 Å². The second-order valence-electron chi connectivity index (χ2n) is 5.34. The van der Waals surface area contributed by atoms with Gasteiger partial charge in [0, 0.05) is 5.22 Å². The highest BCUT2D eigenvalue weighted by atomic mass is 32.1. The summed E-state index contributed by atoms with van der Waals surface area (Å²) in [5.41, 5.74) is 0.263. The molecule has 3 rings (SSSR count). The van der Waals surface area contributed by atoms with Crippen molar-refractivity contribution < 1.29 is 19.8 Å². The highest BCUT2D eigenvalue weighted by molar-refractivity contribution is 7.73. The summed E-state index contributed by atoms with van der Waals surface area (Å²) in [6.07, 6.45) is 0.953. The van der Waals surface area contributed by atoms with Crippen LogP contribution >= 0.6 is 23.6 Å². The molecule has 2 heterocycles. The van der Waals surface area contributed by atoms with Gasteiger partial charge in [-0.15, -0.1) is 11.3 Å². The number of carbonyl (C=O) groups excluding carboxylic acids is 1. The molecular formula is C16H14N2O4S2. The van der Waals surface area contributed by atoms with Gasteiger partial charge >= 0.3 is 5.97 Å². The maximum atomic E-state index is 12.3. The van der Waals surface area contributed by atoms with Crippen LogP contribution in [0.25, 0.3) is 5.57 Å². The first kappa shape index (κ1) is 16.5. The number of para-hydroxylation sites is 1. The first-order valence-electron chi connectivity index (χ1n) is 7.35. The topological polar surface area (TPSA) is 91.9 Å². The lowest BCUT2D eigenvalue weighted by atomic mass is 10.1.